The number of nitrogen functional groups attached to an aromatic ring is 1. The van der Waals surface area contributed by atoms with Crippen LogP contribution in [0.1, 0.15) is 30.1 Å². The molecule has 0 aromatic heterocycles. The van der Waals surface area contributed by atoms with Crippen LogP contribution in [0.15, 0.2) is 12.1 Å². The maximum Gasteiger partial charge on any atom is 0.254 e. The minimum Gasteiger partial charge on any atom is -0.396 e. The zero-order chi connectivity index (χ0) is 15.6. The van der Waals surface area contributed by atoms with Gasteiger partial charge in [-0.3, -0.25) is 4.79 Å². The Hall–Kier alpha value is -0.970. The Morgan fingerprint density at radius 1 is 1.33 bits per heavy atom. The van der Waals surface area contributed by atoms with Crippen molar-refractivity contribution < 1.29 is 4.79 Å². The first kappa shape index (κ1) is 16.4. The van der Waals surface area contributed by atoms with Gasteiger partial charge in [0.05, 0.1) is 15.7 Å². The molecule has 1 aromatic carbocycles. The Bertz CT molecular complexity index is 513. The predicted octanol–water partition coefficient (Wildman–Crippen LogP) is 3.13. The summed E-state index contributed by atoms with van der Waals surface area (Å²) in [7, 11) is 2.09. The van der Waals surface area contributed by atoms with E-state index in [0.717, 1.165) is 32.5 Å². The van der Waals surface area contributed by atoms with Gasteiger partial charge in [0, 0.05) is 24.7 Å². The van der Waals surface area contributed by atoms with Crippen LogP contribution in [0.5, 0.6) is 0 Å². The molecule has 0 spiro atoms. The first-order valence-electron chi connectivity index (χ1n) is 7.18. The Balaban J connectivity index is 2.29. The standard InChI is InChI=1S/C15H21Cl2N3O/c1-3-11-9-19(2)5-4-6-20(11)15(21)10-7-12(16)14(18)13(17)8-10/h7-8,11H,3-6,9,18H2,1-2H3. The van der Waals surface area contributed by atoms with Crippen LogP contribution in [0.4, 0.5) is 5.69 Å². The lowest BCUT2D eigenvalue weighted by Crippen LogP contribution is -2.43. The molecule has 6 heteroatoms. The fourth-order valence-electron chi connectivity index (χ4n) is 2.73. The summed E-state index contributed by atoms with van der Waals surface area (Å²) in [6.07, 6.45) is 1.89. The number of benzene rings is 1. The van der Waals surface area contributed by atoms with Crippen molar-refractivity contribution in [3.8, 4) is 0 Å². The third kappa shape index (κ3) is 3.62. The molecule has 1 amide bonds. The van der Waals surface area contributed by atoms with Gasteiger partial charge in [-0.05, 0) is 38.6 Å². The molecule has 1 aliphatic rings. The van der Waals surface area contributed by atoms with E-state index in [1.165, 1.54) is 0 Å². The summed E-state index contributed by atoms with van der Waals surface area (Å²) in [4.78, 5) is 17.0. The second kappa shape index (κ2) is 6.86. The Labute approximate surface area is 135 Å². The van der Waals surface area contributed by atoms with E-state index in [-0.39, 0.29) is 11.9 Å². The van der Waals surface area contributed by atoms with Gasteiger partial charge in [-0.15, -0.1) is 0 Å². The van der Waals surface area contributed by atoms with Gasteiger partial charge >= 0.3 is 0 Å². The molecule has 1 heterocycles. The highest BCUT2D eigenvalue weighted by molar-refractivity contribution is 6.39. The second-order valence-corrected chi connectivity index (χ2v) is 6.34. The van der Waals surface area contributed by atoms with Crippen molar-refractivity contribution in [3.05, 3.63) is 27.7 Å². The van der Waals surface area contributed by atoms with Crippen LogP contribution in [0.25, 0.3) is 0 Å². The number of likely N-dealkylation sites (N-methyl/N-ethyl adjacent to an activating group) is 1. The molecule has 2 N–H and O–H groups in total. The monoisotopic (exact) mass is 329 g/mol. The van der Waals surface area contributed by atoms with E-state index in [2.05, 4.69) is 18.9 Å². The average molecular weight is 330 g/mol. The number of rotatable bonds is 2. The first-order valence-corrected chi connectivity index (χ1v) is 7.93. The number of halogens is 2. The highest BCUT2D eigenvalue weighted by Gasteiger charge is 2.27. The molecule has 0 aliphatic carbocycles. The molecule has 0 bridgehead atoms. The summed E-state index contributed by atoms with van der Waals surface area (Å²) >= 11 is 12.1. The third-order valence-electron chi connectivity index (χ3n) is 3.96. The van der Waals surface area contributed by atoms with Crippen LogP contribution < -0.4 is 5.73 Å². The topological polar surface area (TPSA) is 49.6 Å². The van der Waals surface area contributed by atoms with E-state index in [4.69, 9.17) is 28.9 Å². The van der Waals surface area contributed by atoms with Gasteiger partial charge in [0.2, 0.25) is 0 Å². The average Bonchev–Trinajstić information content (AvgIpc) is 2.64. The first-order chi connectivity index (χ1) is 9.93. The number of carbonyl (C=O) groups excluding carboxylic acids is 1. The van der Waals surface area contributed by atoms with E-state index in [9.17, 15) is 4.79 Å². The number of hydrogen-bond acceptors (Lipinski definition) is 3. The molecular formula is C15H21Cl2N3O. The highest BCUT2D eigenvalue weighted by Crippen LogP contribution is 2.30. The molecule has 0 radical (unpaired) electrons. The van der Waals surface area contributed by atoms with Gasteiger partial charge in [-0.25, -0.2) is 0 Å². The van der Waals surface area contributed by atoms with E-state index in [1.807, 2.05) is 4.90 Å². The van der Waals surface area contributed by atoms with Gasteiger partial charge in [-0.2, -0.15) is 0 Å². The second-order valence-electron chi connectivity index (χ2n) is 5.53. The van der Waals surface area contributed by atoms with Crippen LogP contribution >= 0.6 is 23.2 Å². The van der Waals surface area contributed by atoms with Crippen LogP contribution in [-0.4, -0.2) is 48.4 Å². The van der Waals surface area contributed by atoms with Crippen molar-refractivity contribution in [2.24, 2.45) is 0 Å². The molecule has 21 heavy (non-hydrogen) atoms. The fourth-order valence-corrected chi connectivity index (χ4v) is 3.22. The summed E-state index contributed by atoms with van der Waals surface area (Å²) in [6, 6.07) is 3.42. The summed E-state index contributed by atoms with van der Waals surface area (Å²) in [5.74, 6) is -0.0269. The van der Waals surface area contributed by atoms with Gasteiger partial charge in [0.25, 0.3) is 5.91 Å². The van der Waals surface area contributed by atoms with Crippen LogP contribution in [0.3, 0.4) is 0 Å². The number of amides is 1. The van der Waals surface area contributed by atoms with Crippen molar-refractivity contribution >= 4 is 34.8 Å². The molecule has 116 valence electrons. The van der Waals surface area contributed by atoms with E-state index >= 15 is 0 Å². The smallest absolute Gasteiger partial charge is 0.254 e. The zero-order valence-corrected chi connectivity index (χ0v) is 13.9. The fraction of sp³-hybridized carbons (Fsp3) is 0.533. The molecular weight excluding hydrogens is 309 g/mol. The van der Waals surface area contributed by atoms with Crippen molar-refractivity contribution in [1.82, 2.24) is 9.80 Å². The molecule has 1 aliphatic heterocycles. The van der Waals surface area contributed by atoms with Crippen LogP contribution in [0, 0.1) is 0 Å². The van der Waals surface area contributed by atoms with Gasteiger partial charge in [0.15, 0.2) is 0 Å². The lowest BCUT2D eigenvalue weighted by atomic mass is 10.1. The Kier molecular flexibility index (Phi) is 5.36. The van der Waals surface area contributed by atoms with Crippen molar-refractivity contribution in [1.29, 1.82) is 0 Å². The number of carbonyl (C=O) groups is 1. The molecule has 2 rings (SSSR count). The van der Waals surface area contributed by atoms with Crippen LogP contribution in [0.2, 0.25) is 10.0 Å². The molecule has 1 saturated heterocycles. The summed E-state index contributed by atoms with van der Waals surface area (Å²) < 4.78 is 0. The highest BCUT2D eigenvalue weighted by atomic mass is 35.5. The minimum absolute atomic E-state index is 0.0269. The molecule has 1 aromatic rings. The summed E-state index contributed by atoms with van der Waals surface area (Å²) in [5.41, 5.74) is 6.55. The van der Waals surface area contributed by atoms with E-state index < -0.39 is 0 Å². The van der Waals surface area contributed by atoms with Gasteiger partial charge in [0.1, 0.15) is 0 Å². The van der Waals surface area contributed by atoms with E-state index in [0.29, 0.717) is 21.3 Å². The number of nitrogens with zero attached hydrogens (tertiary/aromatic N) is 2. The largest absolute Gasteiger partial charge is 0.396 e. The van der Waals surface area contributed by atoms with Crippen LogP contribution in [-0.2, 0) is 0 Å². The summed E-state index contributed by atoms with van der Waals surface area (Å²) in [5, 5.41) is 0.650. The Morgan fingerprint density at radius 2 is 1.95 bits per heavy atom. The maximum absolute atomic E-state index is 12.8. The number of hydrogen-bond donors (Lipinski definition) is 1. The minimum atomic E-state index is -0.0269. The molecule has 1 fully saturated rings. The normalized spacial score (nSPS) is 20.4. The SMILES string of the molecule is CCC1CN(C)CCCN1C(=O)c1cc(Cl)c(N)c(Cl)c1. The van der Waals surface area contributed by atoms with Gasteiger partial charge in [-0.1, -0.05) is 30.1 Å². The number of anilines is 1. The summed E-state index contributed by atoms with van der Waals surface area (Å²) in [6.45, 7) is 4.75. The zero-order valence-electron chi connectivity index (χ0n) is 12.4. The molecule has 0 saturated carbocycles. The predicted molar refractivity (Wildman–Crippen MR) is 88.1 cm³/mol. The third-order valence-corrected chi connectivity index (χ3v) is 4.59. The Morgan fingerprint density at radius 3 is 2.52 bits per heavy atom. The quantitative estimate of drug-likeness (QED) is 0.848. The molecule has 1 atom stereocenters. The number of nitrogens with two attached hydrogens (primary N) is 1. The van der Waals surface area contributed by atoms with Crippen molar-refractivity contribution in [2.45, 2.75) is 25.8 Å². The van der Waals surface area contributed by atoms with Gasteiger partial charge < -0.3 is 15.5 Å². The molecule has 1 unspecified atom stereocenters. The van der Waals surface area contributed by atoms with E-state index in [1.54, 1.807) is 12.1 Å². The van der Waals surface area contributed by atoms with Crippen molar-refractivity contribution in [2.75, 3.05) is 32.4 Å². The lowest BCUT2D eigenvalue weighted by Gasteiger charge is -2.30. The van der Waals surface area contributed by atoms with Crippen molar-refractivity contribution in [3.63, 3.8) is 0 Å². The maximum atomic E-state index is 12.8. The molecule has 4 nitrogen and oxygen atoms in total. The lowest BCUT2D eigenvalue weighted by molar-refractivity contribution is 0.0676.